The second-order valence-corrected chi connectivity index (χ2v) is 11.1. The molecule has 0 aromatic carbocycles. The molecular weight excluding hydrogens is 453 g/mol. The average molecular weight is 487 g/mol. The van der Waals surface area contributed by atoms with E-state index < -0.39 is 14.6 Å². The van der Waals surface area contributed by atoms with Crippen LogP contribution in [0.1, 0.15) is 48.0 Å². The molecule has 25 heavy (non-hydrogen) atoms. The third kappa shape index (κ3) is 3.95. The molecule has 6 nitrogen and oxygen atoms in total. The number of hydrogen-bond donors (Lipinski definition) is 1. The third-order valence-corrected chi connectivity index (χ3v) is 8.77. The third-order valence-electron chi connectivity index (χ3n) is 6.23. The van der Waals surface area contributed by atoms with Crippen LogP contribution in [0.3, 0.4) is 0 Å². The Balaban J connectivity index is 0.00000312. The van der Waals surface area contributed by atoms with Crippen LogP contribution < -0.4 is 5.32 Å². The van der Waals surface area contributed by atoms with Gasteiger partial charge in [-0.25, -0.2) is 8.42 Å². The van der Waals surface area contributed by atoms with Gasteiger partial charge in [-0.05, 0) is 34.1 Å². The van der Waals surface area contributed by atoms with Gasteiger partial charge in [-0.15, -0.1) is 24.0 Å². The Morgan fingerprint density at radius 3 is 2.32 bits per heavy atom. The standard InChI is InChI=1S/C17H33N3O3S.HI/c1-8-18-14(19-13-11-17(6,23-7)16(13,4)5)20-9-10-24(21,22)15(2,3)12-20;/h13H,8-12H2,1-7H3,(H,18,19);1H. The first-order valence-corrected chi connectivity index (χ1v) is 10.4. The van der Waals surface area contributed by atoms with Gasteiger partial charge in [-0.3, -0.25) is 4.99 Å². The Kier molecular flexibility index (Phi) is 6.88. The molecule has 0 aromatic rings. The molecule has 1 aliphatic heterocycles. The van der Waals surface area contributed by atoms with Crippen LogP contribution in [-0.2, 0) is 14.6 Å². The number of halogens is 1. The molecule has 1 N–H and O–H groups in total. The quantitative estimate of drug-likeness (QED) is 0.376. The number of ether oxygens (including phenoxy) is 1. The van der Waals surface area contributed by atoms with Gasteiger partial charge in [0.2, 0.25) is 0 Å². The van der Waals surface area contributed by atoms with Crippen LogP contribution in [0.2, 0.25) is 0 Å². The lowest BCUT2D eigenvalue weighted by atomic mass is 9.56. The molecule has 1 aliphatic carbocycles. The minimum atomic E-state index is -3.05. The van der Waals surface area contributed by atoms with Crippen molar-refractivity contribution < 1.29 is 13.2 Å². The summed E-state index contributed by atoms with van der Waals surface area (Å²) in [6.45, 7) is 13.8. The molecule has 2 aliphatic rings. The van der Waals surface area contributed by atoms with E-state index in [9.17, 15) is 8.42 Å². The first kappa shape index (κ1) is 23.0. The van der Waals surface area contributed by atoms with Gasteiger partial charge in [-0.2, -0.15) is 0 Å². The topological polar surface area (TPSA) is 71.0 Å². The summed E-state index contributed by atoms with van der Waals surface area (Å²) >= 11 is 0. The Hall–Kier alpha value is -0.0900. The summed E-state index contributed by atoms with van der Waals surface area (Å²) in [6, 6.07) is 0.259. The van der Waals surface area contributed by atoms with E-state index >= 15 is 0 Å². The summed E-state index contributed by atoms with van der Waals surface area (Å²) in [5.41, 5.74) is -0.167. The maximum Gasteiger partial charge on any atom is 0.194 e. The highest BCUT2D eigenvalue weighted by molar-refractivity contribution is 14.0. The predicted molar refractivity (Wildman–Crippen MR) is 114 cm³/mol. The summed E-state index contributed by atoms with van der Waals surface area (Å²) in [4.78, 5) is 6.70. The average Bonchev–Trinajstić information content (AvgIpc) is 2.48. The molecule has 0 aromatic heterocycles. The van der Waals surface area contributed by atoms with Gasteiger partial charge in [0.15, 0.2) is 15.8 Å². The first-order valence-electron chi connectivity index (χ1n) is 8.73. The van der Waals surface area contributed by atoms with Gasteiger partial charge in [0.05, 0.1) is 16.1 Å². The molecule has 0 spiro atoms. The molecule has 2 atom stereocenters. The SMILES string of the molecule is CCN=C(NC1CC(C)(OC)C1(C)C)N1CCS(=O)(=O)C(C)(C)C1.I. The van der Waals surface area contributed by atoms with Crippen molar-refractivity contribution in [1.29, 1.82) is 0 Å². The van der Waals surface area contributed by atoms with Gasteiger partial charge in [0, 0.05) is 38.2 Å². The van der Waals surface area contributed by atoms with Gasteiger partial charge in [-0.1, -0.05) is 13.8 Å². The minimum absolute atomic E-state index is 0. The van der Waals surface area contributed by atoms with Crippen LogP contribution in [0.5, 0.6) is 0 Å². The summed E-state index contributed by atoms with van der Waals surface area (Å²) < 4.78 is 29.4. The molecule has 2 unspecified atom stereocenters. The van der Waals surface area contributed by atoms with Gasteiger partial charge < -0.3 is 15.0 Å². The van der Waals surface area contributed by atoms with Crippen molar-refractivity contribution in [2.45, 2.75) is 64.4 Å². The van der Waals surface area contributed by atoms with E-state index in [0.29, 0.717) is 19.6 Å². The lowest BCUT2D eigenvalue weighted by molar-refractivity contribution is -0.177. The van der Waals surface area contributed by atoms with Crippen molar-refractivity contribution in [2.75, 3.05) is 32.5 Å². The predicted octanol–water partition coefficient (Wildman–Crippen LogP) is 2.28. The van der Waals surface area contributed by atoms with Crippen LogP contribution in [0, 0.1) is 5.41 Å². The van der Waals surface area contributed by atoms with E-state index in [2.05, 4.69) is 36.0 Å². The zero-order valence-corrected chi connectivity index (χ0v) is 19.7. The lowest BCUT2D eigenvalue weighted by Gasteiger charge is -2.59. The van der Waals surface area contributed by atoms with Crippen molar-refractivity contribution in [3.63, 3.8) is 0 Å². The molecule has 1 saturated carbocycles. The molecule has 0 bridgehead atoms. The minimum Gasteiger partial charge on any atom is -0.378 e. The Morgan fingerprint density at radius 1 is 1.28 bits per heavy atom. The summed E-state index contributed by atoms with van der Waals surface area (Å²) in [5.74, 6) is 0.991. The molecule has 1 saturated heterocycles. The molecule has 2 fully saturated rings. The second kappa shape index (κ2) is 7.50. The second-order valence-electron chi connectivity index (χ2n) is 8.36. The summed E-state index contributed by atoms with van der Waals surface area (Å²) in [6.07, 6.45) is 0.911. The monoisotopic (exact) mass is 487 g/mol. The normalized spacial score (nSPS) is 33.2. The van der Waals surface area contributed by atoms with Crippen LogP contribution in [0.25, 0.3) is 0 Å². The van der Waals surface area contributed by atoms with Crippen molar-refractivity contribution in [3.8, 4) is 0 Å². The maximum absolute atomic E-state index is 12.2. The first-order chi connectivity index (χ1) is 10.9. The number of hydrogen-bond acceptors (Lipinski definition) is 4. The number of aliphatic imine (C=N–C) groups is 1. The van der Waals surface area contributed by atoms with Crippen LogP contribution in [0.4, 0.5) is 0 Å². The maximum atomic E-state index is 12.2. The lowest BCUT2D eigenvalue weighted by Crippen LogP contribution is -2.70. The van der Waals surface area contributed by atoms with Crippen LogP contribution in [0.15, 0.2) is 4.99 Å². The zero-order valence-electron chi connectivity index (χ0n) is 16.5. The number of nitrogens with one attached hydrogen (secondary N) is 1. The van der Waals surface area contributed by atoms with E-state index in [1.165, 1.54) is 0 Å². The van der Waals surface area contributed by atoms with E-state index in [0.717, 1.165) is 12.4 Å². The Labute approximate surface area is 170 Å². The smallest absolute Gasteiger partial charge is 0.194 e. The molecule has 8 heteroatoms. The molecule has 0 radical (unpaired) electrons. The van der Waals surface area contributed by atoms with E-state index in [4.69, 9.17) is 4.74 Å². The number of nitrogens with zero attached hydrogens (tertiary/aromatic N) is 2. The van der Waals surface area contributed by atoms with E-state index in [-0.39, 0.29) is 46.8 Å². The van der Waals surface area contributed by atoms with E-state index in [1.807, 2.05) is 6.92 Å². The molecule has 1 heterocycles. The van der Waals surface area contributed by atoms with E-state index in [1.54, 1.807) is 21.0 Å². The van der Waals surface area contributed by atoms with Gasteiger partial charge in [0.25, 0.3) is 0 Å². The Bertz CT molecular complexity index is 619. The van der Waals surface area contributed by atoms with Crippen molar-refractivity contribution in [3.05, 3.63) is 0 Å². The molecule has 148 valence electrons. The Morgan fingerprint density at radius 2 is 1.88 bits per heavy atom. The highest BCUT2D eigenvalue weighted by Gasteiger charge is 2.58. The zero-order chi connectivity index (χ0) is 18.4. The number of rotatable bonds is 3. The van der Waals surface area contributed by atoms with Gasteiger partial charge in [0.1, 0.15) is 0 Å². The number of methoxy groups -OCH3 is 1. The highest BCUT2D eigenvalue weighted by Crippen LogP contribution is 2.51. The molecule has 2 rings (SSSR count). The summed E-state index contributed by atoms with van der Waals surface area (Å²) in [7, 11) is -1.29. The summed E-state index contributed by atoms with van der Waals surface area (Å²) in [5, 5.41) is 3.57. The van der Waals surface area contributed by atoms with Crippen molar-refractivity contribution in [1.82, 2.24) is 10.2 Å². The molecule has 0 amide bonds. The van der Waals surface area contributed by atoms with Crippen LogP contribution in [-0.4, -0.2) is 68.2 Å². The fraction of sp³-hybridized carbons (Fsp3) is 0.941. The number of guanidine groups is 1. The molecular formula is C17H34IN3O3S. The fourth-order valence-electron chi connectivity index (χ4n) is 3.59. The van der Waals surface area contributed by atoms with Crippen LogP contribution >= 0.6 is 24.0 Å². The highest BCUT2D eigenvalue weighted by atomic mass is 127. The largest absolute Gasteiger partial charge is 0.378 e. The number of sulfone groups is 1. The van der Waals surface area contributed by atoms with Gasteiger partial charge >= 0.3 is 0 Å². The fourth-order valence-corrected chi connectivity index (χ4v) is 4.96. The van der Waals surface area contributed by atoms with Crippen molar-refractivity contribution >= 4 is 39.8 Å². The van der Waals surface area contributed by atoms with Crippen molar-refractivity contribution in [2.24, 2.45) is 10.4 Å².